The summed E-state index contributed by atoms with van der Waals surface area (Å²) in [6.45, 7) is 2.17. The van der Waals surface area contributed by atoms with Crippen LogP contribution >= 0.6 is 0 Å². The number of hydrogen-bond acceptors (Lipinski definition) is 4. The quantitative estimate of drug-likeness (QED) is 0.587. The Balaban J connectivity index is 1.37. The molecule has 1 saturated heterocycles. The van der Waals surface area contributed by atoms with Crippen LogP contribution in [0.25, 0.3) is 0 Å². The Hall–Kier alpha value is -3.13. The topological polar surface area (TPSA) is 84.9 Å². The standard InChI is InChI=1S/C24H31FN4O3/c1-28(17-18-5-3-2-4-6-18)23(31)9-12-26-24(32)27-16-19-7-8-22(21(25)15-19)29-13-10-20(30)11-14-29/h2-8,15,20,30H,9-14,16-17H2,1H3,(H2,26,27,32). The van der Waals surface area contributed by atoms with Crippen LogP contribution in [0.3, 0.4) is 0 Å². The van der Waals surface area contributed by atoms with E-state index in [0.717, 1.165) is 5.56 Å². The third-order valence-electron chi connectivity index (χ3n) is 5.58. The lowest BCUT2D eigenvalue weighted by Crippen LogP contribution is -2.38. The van der Waals surface area contributed by atoms with E-state index < -0.39 is 6.03 Å². The summed E-state index contributed by atoms with van der Waals surface area (Å²) < 4.78 is 14.5. The van der Waals surface area contributed by atoms with Gasteiger partial charge in [-0.05, 0) is 36.1 Å². The number of benzene rings is 2. The molecule has 0 spiro atoms. The summed E-state index contributed by atoms with van der Waals surface area (Å²) in [4.78, 5) is 27.8. The third-order valence-corrected chi connectivity index (χ3v) is 5.58. The number of halogens is 1. The SMILES string of the molecule is CN(Cc1ccccc1)C(=O)CCNC(=O)NCc1ccc(N2CCC(O)CC2)c(F)c1. The van der Waals surface area contributed by atoms with Crippen molar-refractivity contribution >= 4 is 17.6 Å². The Kier molecular flexibility index (Phi) is 8.44. The number of piperidine rings is 1. The van der Waals surface area contributed by atoms with Crippen LogP contribution in [0, 0.1) is 5.82 Å². The number of carbonyl (C=O) groups excluding carboxylic acids is 2. The number of amides is 3. The van der Waals surface area contributed by atoms with Gasteiger partial charge >= 0.3 is 6.03 Å². The summed E-state index contributed by atoms with van der Waals surface area (Å²) in [6.07, 6.45) is 1.15. The van der Waals surface area contributed by atoms with Crippen LogP contribution in [0.4, 0.5) is 14.9 Å². The molecule has 1 heterocycles. The second-order valence-corrected chi connectivity index (χ2v) is 8.10. The number of nitrogens with zero attached hydrogens (tertiary/aromatic N) is 2. The lowest BCUT2D eigenvalue weighted by Gasteiger charge is -2.31. The zero-order chi connectivity index (χ0) is 22.9. The number of rotatable bonds is 8. The molecule has 0 saturated carbocycles. The van der Waals surface area contributed by atoms with Gasteiger partial charge in [-0.1, -0.05) is 36.4 Å². The normalized spacial score (nSPS) is 14.2. The van der Waals surface area contributed by atoms with E-state index in [1.807, 2.05) is 35.2 Å². The molecule has 2 aromatic rings. The molecule has 0 unspecified atom stereocenters. The summed E-state index contributed by atoms with van der Waals surface area (Å²) in [5.41, 5.74) is 2.21. The molecule has 172 valence electrons. The first-order valence-electron chi connectivity index (χ1n) is 10.9. The summed E-state index contributed by atoms with van der Waals surface area (Å²) >= 11 is 0. The number of aliphatic hydroxyl groups excluding tert-OH is 1. The highest BCUT2D eigenvalue weighted by molar-refractivity contribution is 5.78. The average molecular weight is 443 g/mol. The highest BCUT2D eigenvalue weighted by Gasteiger charge is 2.19. The first kappa shape index (κ1) is 23.5. The third kappa shape index (κ3) is 6.95. The molecule has 0 radical (unpaired) electrons. The van der Waals surface area contributed by atoms with Crippen molar-refractivity contribution in [2.24, 2.45) is 0 Å². The molecule has 2 aromatic carbocycles. The molecule has 8 heteroatoms. The van der Waals surface area contributed by atoms with Crippen molar-refractivity contribution in [2.45, 2.75) is 38.5 Å². The molecule has 1 aliphatic rings. The van der Waals surface area contributed by atoms with Crippen molar-refractivity contribution in [1.82, 2.24) is 15.5 Å². The zero-order valence-electron chi connectivity index (χ0n) is 18.4. The van der Waals surface area contributed by atoms with Gasteiger partial charge in [-0.25, -0.2) is 9.18 Å². The van der Waals surface area contributed by atoms with E-state index in [1.54, 1.807) is 24.1 Å². The first-order chi connectivity index (χ1) is 15.4. The fraction of sp³-hybridized carbons (Fsp3) is 0.417. The van der Waals surface area contributed by atoms with Gasteiger partial charge in [0, 0.05) is 46.2 Å². The van der Waals surface area contributed by atoms with E-state index in [2.05, 4.69) is 10.6 Å². The summed E-state index contributed by atoms with van der Waals surface area (Å²) in [6, 6.07) is 14.2. The monoisotopic (exact) mass is 442 g/mol. The Labute approximate surface area is 188 Å². The highest BCUT2D eigenvalue weighted by Crippen LogP contribution is 2.24. The number of carbonyl (C=O) groups is 2. The van der Waals surface area contributed by atoms with E-state index in [0.29, 0.717) is 43.7 Å². The molecular weight excluding hydrogens is 411 g/mol. The zero-order valence-corrected chi connectivity index (χ0v) is 18.4. The van der Waals surface area contributed by atoms with Crippen LogP contribution in [-0.4, -0.2) is 54.7 Å². The van der Waals surface area contributed by atoms with E-state index in [4.69, 9.17) is 0 Å². The average Bonchev–Trinajstić information content (AvgIpc) is 2.79. The van der Waals surface area contributed by atoms with Gasteiger partial charge in [-0.15, -0.1) is 0 Å². The minimum atomic E-state index is -0.405. The largest absolute Gasteiger partial charge is 0.393 e. The number of nitrogens with one attached hydrogen (secondary N) is 2. The smallest absolute Gasteiger partial charge is 0.315 e. The second kappa shape index (κ2) is 11.5. The van der Waals surface area contributed by atoms with Crippen molar-refractivity contribution in [3.8, 4) is 0 Å². The molecule has 0 aromatic heterocycles. The van der Waals surface area contributed by atoms with E-state index in [1.165, 1.54) is 6.07 Å². The molecule has 0 atom stereocenters. The predicted octanol–water partition coefficient (Wildman–Crippen LogP) is 2.63. The van der Waals surface area contributed by atoms with Crippen molar-refractivity contribution in [3.63, 3.8) is 0 Å². The fourth-order valence-corrected chi connectivity index (χ4v) is 3.69. The van der Waals surface area contributed by atoms with Crippen molar-refractivity contribution in [1.29, 1.82) is 0 Å². The second-order valence-electron chi connectivity index (χ2n) is 8.10. The number of anilines is 1. The van der Waals surface area contributed by atoms with Gasteiger partial charge in [0.2, 0.25) is 5.91 Å². The van der Waals surface area contributed by atoms with Crippen LogP contribution in [-0.2, 0) is 17.9 Å². The summed E-state index contributed by atoms with van der Waals surface area (Å²) in [7, 11) is 1.74. The van der Waals surface area contributed by atoms with Gasteiger partial charge in [0.15, 0.2) is 0 Å². The highest BCUT2D eigenvalue weighted by atomic mass is 19.1. The van der Waals surface area contributed by atoms with Gasteiger partial charge in [-0.2, -0.15) is 0 Å². The van der Waals surface area contributed by atoms with Crippen LogP contribution < -0.4 is 15.5 Å². The maximum Gasteiger partial charge on any atom is 0.315 e. The predicted molar refractivity (Wildman–Crippen MR) is 122 cm³/mol. The summed E-state index contributed by atoms with van der Waals surface area (Å²) in [5.74, 6) is -0.398. The molecule has 3 N–H and O–H groups in total. The molecule has 0 bridgehead atoms. The van der Waals surface area contributed by atoms with E-state index >= 15 is 0 Å². The maximum absolute atomic E-state index is 14.5. The molecule has 7 nitrogen and oxygen atoms in total. The minimum Gasteiger partial charge on any atom is -0.393 e. The summed E-state index contributed by atoms with van der Waals surface area (Å²) in [5, 5.41) is 14.9. The van der Waals surface area contributed by atoms with Crippen molar-refractivity contribution in [2.75, 3.05) is 31.6 Å². The van der Waals surface area contributed by atoms with Gasteiger partial charge in [0.25, 0.3) is 0 Å². The van der Waals surface area contributed by atoms with Crippen LogP contribution in [0.1, 0.15) is 30.4 Å². The van der Waals surface area contributed by atoms with Crippen LogP contribution in [0.5, 0.6) is 0 Å². The molecular formula is C24H31FN4O3. The molecule has 3 rings (SSSR count). The molecule has 0 aliphatic carbocycles. The van der Waals surface area contributed by atoms with E-state index in [-0.39, 0.29) is 37.3 Å². The molecule has 32 heavy (non-hydrogen) atoms. The lowest BCUT2D eigenvalue weighted by molar-refractivity contribution is -0.130. The van der Waals surface area contributed by atoms with Gasteiger partial charge in [0.05, 0.1) is 11.8 Å². The van der Waals surface area contributed by atoms with Gasteiger partial charge in [0.1, 0.15) is 5.82 Å². The number of hydrogen-bond donors (Lipinski definition) is 3. The van der Waals surface area contributed by atoms with Gasteiger partial charge in [-0.3, -0.25) is 4.79 Å². The molecule has 1 fully saturated rings. The number of urea groups is 1. The van der Waals surface area contributed by atoms with Gasteiger partial charge < -0.3 is 25.5 Å². The Bertz CT molecular complexity index is 901. The molecule has 3 amide bonds. The minimum absolute atomic E-state index is 0.0583. The Morgan fingerprint density at radius 3 is 2.50 bits per heavy atom. The Morgan fingerprint density at radius 1 is 1.09 bits per heavy atom. The lowest BCUT2D eigenvalue weighted by atomic mass is 10.1. The van der Waals surface area contributed by atoms with Crippen LogP contribution in [0.15, 0.2) is 48.5 Å². The fourth-order valence-electron chi connectivity index (χ4n) is 3.69. The van der Waals surface area contributed by atoms with Crippen molar-refractivity contribution < 1.29 is 19.1 Å². The maximum atomic E-state index is 14.5. The van der Waals surface area contributed by atoms with Crippen LogP contribution in [0.2, 0.25) is 0 Å². The number of aliphatic hydroxyl groups is 1. The Morgan fingerprint density at radius 2 is 1.81 bits per heavy atom. The van der Waals surface area contributed by atoms with Crippen molar-refractivity contribution in [3.05, 3.63) is 65.5 Å². The first-order valence-corrected chi connectivity index (χ1v) is 10.9. The van der Waals surface area contributed by atoms with E-state index in [9.17, 15) is 19.1 Å². The molecule has 1 aliphatic heterocycles.